The highest BCUT2D eigenvalue weighted by Crippen LogP contribution is 2.37. The first-order valence-corrected chi connectivity index (χ1v) is 12.3. The summed E-state index contributed by atoms with van der Waals surface area (Å²) in [5, 5.41) is 23.6. The van der Waals surface area contributed by atoms with E-state index in [1.165, 1.54) is 0 Å². The molecule has 0 saturated carbocycles. The van der Waals surface area contributed by atoms with Gasteiger partial charge in [0.2, 0.25) is 0 Å². The lowest BCUT2D eigenvalue weighted by atomic mass is 9.92. The van der Waals surface area contributed by atoms with E-state index in [0.29, 0.717) is 44.5 Å². The number of anilines is 3. The normalized spacial score (nSPS) is 15.5. The minimum absolute atomic E-state index is 0.0643. The molecule has 9 nitrogen and oxygen atoms in total. The average molecular weight is 487 g/mol. The van der Waals surface area contributed by atoms with Gasteiger partial charge in [0, 0.05) is 25.8 Å². The molecular weight excluding hydrogens is 448 g/mol. The average Bonchev–Trinajstić information content (AvgIpc) is 2.82. The molecule has 2 heterocycles. The van der Waals surface area contributed by atoms with Crippen LogP contribution in [0.1, 0.15) is 64.9 Å². The zero-order valence-corrected chi connectivity index (χ0v) is 21.2. The van der Waals surface area contributed by atoms with E-state index in [2.05, 4.69) is 20.2 Å². The third-order valence-corrected chi connectivity index (χ3v) is 6.08. The Balaban J connectivity index is 2.03. The van der Waals surface area contributed by atoms with E-state index >= 15 is 0 Å². The Kier molecular flexibility index (Phi) is 9.28. The van der Waals surface area contributed by atoms with Crippen molar-refractivity contribution >= 4 is 23.0 Å². The number of aliphatic hydroxyl groups is 1. The highest BCUT2D eigenvalue weighted by Gasteiger charge is 2.29. The smallest absolute Gasteiger partial charge is 0.316 e. The van der Waals surface area contributed by atoms with Crippen molar-refractivity contribution in [3.8, 4) is 6.01 Å². The molecule has 9 heteroatoms. The minimum atomic E-state index is -0.911. The maximum atomic E-state index is 11.4. The number of hydrogen-bond donors (Lipinski definition) is 3. The number of carbonyl (C=O) groups is 1. The molecule has 35 heavy (non-hydrogen) atoms. The van der Waals surface area contributed by atoms with Gasteiger partial charge in [-0.1, -0.05) is 13.0 Å². The first-order valence-electron chi connectivity index (χ1n) is 12.3. The van der Waals surface area contributed by atoms with Gasteiger partial charge in [-0.3, -0.25) is 4.79 Å². The summed E-state index contributed by atoms with van der Waals surface area (Å²) in [6.45, 7) is 9.77. The second-order valence-corrected chi connectivity index (χ2v) is 9.58. The van der Waals surface area contributed by atoms with Crippen LogP contribution < -0.4 is 15.0 Å². The summed E-state index contributed by atoms with van der Waals surface area (Å²) in [4.78, 5) is 22.2. The van der Waals surface area contributed by atoms with Crippen molar-refractivity contribution in [3.05, 3.63) is 36.2 Å². The molecule has 1 saturated heterocycles. The van der Waals surface area contributed by atoms with Gasteiger partial charge in [0.05, 0.1) is 48.1 Å². The lowest BCUT2D eigenvalue weighted by molar-refractivity contribution is -0.137. The number of nitrogens with zero attached hydrogens (tertiary/aromatic N) is 3. The van der Waals surface area contributed by atoms with Crippen molar-refractivity contribution < 1.29 is 24.5 Å². The second-order valence-electron chi connectivity index (χ2n) is 9.58. The van der Waals surface area contributed by atoms with E-state index < -0.39 is 11.6 Å². The number of aromatic nitrogens is 2. The van der Waals surface area contributed by atoms with Gasteiger partial charge < -0.3 is 29.9 Å². The number of benzene rings is 1. The Morgan fingerprint density at radius 1 is 1.26 bits per heavy atom. The molecule has 0 bridgehead atoms. The molecule has 3 rings (SSSR count). The molecule has 0 radical (unpaired) electrons. The topological polar surface area (TPSA) is 117 Å². The summed E-state index contributed by atoms with van der Waals surface area (Å²) in [5.41, 5.74) is 2.47. The molecule has 1 fully saturated rings. The quantitative estimate of drug-likeness (QED) is 0.403. The summed E-state index contributed by atoms with van der Waals surface area (Å²) in [6, 6.07) is 6.56. The summed E-state index contributed by atoms with van der Waals surface area (Å²) >= 11 is 0. The number of rotatable bonds is 12. The second kappa shape index (κ2) is 12.2. The Morgan fingerprint density at radius 2 is 1.94 bits per heavy atom. The van der Waals surface area contributed by atoms with Crippen molar-refractivity contribution in [2.45, 2.75) is 70.9 Å². The monoisotopic (exact) mass is 486 g/mol. The number of nitrogens with one attached hydrogen (secondary N) is 1. The fraction of sp³-hybridized carbons (Fsp3) is 0.577. The summed E-state index contributed by atoms with van der Waals surface area (Å²) in [6.07, 6.45) is 5.83. The maximum absolute atomic E-state index is 11.4. The van der Waals surface area contributed by atoms with Crippen molar-refractivity contribution in [2.24, 2.45) is 0 Å². The van der Waals surface area contributed by atoms with Gasteiger partial charge >= 0.3 is 12.0 Å². The van der Waals surface area contributed by atoms with E-state index in [1.807, 2.05) is 32.0 Å². The lowest BCUT2D eigenvalue weighted by Gasteiger charge is -2.40. The molecule has 0 aliphatic carbocycles. The van der Waals surface area contributed by atoms with E-state index in [4.69, 9.17) is 9.47 Å². The fourth-order valence-electron chi connectivity index (χ4n) is 4.43. The molecule has 0 spiro atoms. The summed E-state index contributed by atoms with van der Waals surface area (Å²) in [5.74, 6) is -0.925. The molecule has 2 aromatic rings. The molecular formula is C26H38N4O5. The third-order valence-electron chi connectivity index (χ3n) is 6.08. The van der Waals surface area contributed by atoms with Crippen molar-refractivity contribution in [1.82, 2.24) is 9.97 Å². The predicted octanol–water partition coefficient (Wildman–Crippen LogP) is 4.34. The molecule has 1 aromatic heterocycles. The van der Waals surface area contributed by atoms with E-state index in [1.54, 1.807) is 26.2 Å². The zero-order valence-electron chi connectivity index (χ0n) is 21.2. The van der Waals surface area contributed by atoms with Gasteiger partial charge in [0.1, 0.15) is 0 Å². The molecule has 3 N–H and O–H groups in total. The van der Waals surface area contributed by atoms with Gasteiger partial charge in [-0.05, 0) is 63.6 Å². The highest BCUT2D eigenvalue weighted by atomic mass is 16.5. The van der Waals surface area contributed by atoms with Crippen LogP contribution in [-0.4, -0.2) is 64.2 Å². The van der Waals surface area contributed by atoms with Crippen LogP contribution in [0.5, 0.6) is 6.01 Å². The SMILES string of the molecule is CCOc1ncc(Nc2cc(C(CC)CC(=O)O)ccc2N(CC(C)(C)O)C2CCOCC2)cn1. The van der Waals surface area contributed by atoms with Crippen molar-refractivity contribution in [2.75, 3.05) is 36.6 Å². The van der Waals surface area contributed by atoms with Gasteiger partial charge in [-0.2, -0.15) is 0 Å². The molecule has 1 aromatic carbocycles. The number of aliphatic carboxylic acids is 1. The largest absolute Gasteiger partial charge is 0.481 e. The van der Waals surface area contributed by atoms with Gasteiger partial charge in [-0.25, -0.2) is 9.97 Å². The summed E-state index contributed by atoms with van der Waals surface area (Å²) in [7, 11) is 0. The Hall–Kier alpha value is -2.91. The fourth-order valence-corrected chi connectivity index (χ4v) is 4.43. The van der Waals surface area contributed by atoms with Gasteiger partial charge in [0.25, 0.3) is 0 Å². The van der Waals surface area contributed by atoms with Crippen LogP contribution in [0.4, 0.5) is 17.1 Å². The van der Waals surface area contributed by atoms with Gasteiger partial charge in [-0.15, -0.1) is 0 Å². The van der Waals surface area contributed by atoms with Crippen LogP contribution in [0.2, 0.25) is 0 Å². The van der Waals surface area contributed by atoms with E-state index in [9.17, 15) is 15.0 Å². The van der Waals surface area contributed by atoms with Crippen LogP contribution in [0, 0.1) is 0 Å². The van der Waals surface area contributed by atoms with Crippen LogP contribution in [0.15, 0.2) is 30.6 Å². The third kappa shape index (κ3) is 7.80. The maximum Gasteiger partial charge on any atom is 0.316 e. The number of hydrogen-bond acceptors (Lipinski definition) is 8. The lowest BCUT2D eigenvalue weighted by Crippen LogP contribution is -2.47. The first kappa shape index (κ1) is 26.7. The van der Waals surface area contributed by atoms with Crippen molar-refractivity contribution in [1.29, 1.82) is 0 Å². The number of carboxylic acid groups (broad SMARTS) is 1. The van der Waals surface area contributed by atoms with Crippen molar-refractivity contribution in [3.63, 3.8) is 0 Å². The highest BCUT2D eigenvalue weighted by molar-refractivity contribution is 5.77. The van der Waals surface area contributed by atoms with E-state index in [0.717, 1.165) is 29.8 Å². The minimum Gasteiger partial charge on any atom is -0.481 e. The molecule has 0 amide bonds. The van der Waals surface area contributed by atoms with E-state index in [-0.39, 0.29) is 18.4 Å². The molecule has 1 atom stereocenters. The molecule has 1 unspecified atom stereocenters. The van der Waals surface area contributed by atoms with Crippen LogP contribution >= 0.6 is 0 Å². The number of ether oxygens (including phenoxy) is 2. The molecule has 1 aliphatic heterocycles. The van der Waals surface area contributed by atoms with Crippen LogP contribution in [0.3, 0.4) is 0 Å². The van der Waals surface area contributed by atoms with Gasteiger partial charge in [0.15, 0.2) is 0 Å². The molecule has 1 aliphatic rings. The zero-order chi connectivity index (χ0) is 25.4. The first-order chi connectivity index (χ1) is 16.7. The summed E-state index contributed by atoms with van der Waals surface area (Å²) < 4.78 is 10.9. The Labute approximate surface area is 207 Å². The number of carboxylic acids is 1. The Morgan fingerprint density at radius 3 is 2.51 bits per heavy atom. The standard InChI is InChI=1S/C26H38N4O5/c1-5-18(14-24(31)32)19-7-8-23(30(17-26(3,4)33)21-9-11-34-12-10-21)22(13-19)29-20-15-27-25(28-16-20)35-6-2/h7-8,13,15-16,18,21,29,33H,5-6,9-12,14,17H2,1-4H3,(H,31,32). The predicted molar refractivity (Wildman–Crippen MR) is 136 cm³/mol. The molecule has 192 valence electrons. The van der Waals surface area contributed by atoms with Crippen LogP contribution in [-0.2, 0) is 9.53 Å². The Bertz CT molecular complexity index is 955. The van der Waals surface area contributed by atoms with Crippen LogP contribution in [0.25, 0.3) is 0 Å².